The molecule has 0 radical (unpaired) electrons. The highest BCUT2D eigenvalue weighted by molar-refractivity contribution is 8.00. The zero-order valence-corrected chi connectivity index (χ0v) is 17.8. The van der Waals surface area contributed by atoms with Crippen LogP contribution in [0, 0.1) is 11.3 Å². The molecule has 8 heteroatoms. The summed E-state index contributed by atoms with van der Waals surface area (Å²) in [7, 11) is 0. The Bertz CT molecular complexity index is 1120. The Morgan fingerprint density at radius 3 is 2.60 bits per heavy atom. The molecule has 0 saturated carbocycles. The first kappa shape index (κ1) is 21.4. The van der Waals surface area contributed by atoms with Crippen LogP contribution in [0.5, 0.6) is 0 Å². The van der Waals surface area contributed by atoms with Gasteiger partial charge in [-0.25, -0.2) is 9.78 Å². The molecule has 0 bridgehead atoms. The van der Waals surface area contributed by atoms with E-state index in [0.717, 1.165) is 5.52 Å². The first-order chi connectivity index (χ1) is 14.5. The fourth-order valence-electron chi connectivity index (χ4n) is 2.93. The Kier molecular flexibility index (Phi) is 6.75. The van der Waals surface area contributed by atoms with Gasteiger partial charge in [-0.3, -0.25) is 4.79 Å². The number of nitrogens with one attached hydrogen (secondary N) is 1. The minimum atomic E-state index is -0.396. The molecule has 1 heterocycles. The number of nitrogens with zero attached hydrogens (tertiary/aromatic N) is 3. The van der Waals surface area contributed by atoms with Crippen molar-refractivity contribution in [2.24, 2.45) is 0 Å². The van der Waals surface area contributed by atoms with Crippen molar-refractivity contribution in [1.29, 1.82) is 5.26 Å². The molecule has 1 aromatic heterocycles. The number of anilines is 1. The zero-order valence-electron chi connectivity index (χ0n) is 17.0. The van der Waals surface area contributed by atoms with E-state index < -0.39 is 5.25 Å². The molecule has 3 rings (SSSR count). The van der Waals surface area contributed by atoms with Crippen LogP contribution in [-0.2, 0) is 16.1 Å². The molecule has 0 saturated heterocycles. The Morgan fingerprint density at radius 2 is 1.97 bits per heavy atom. The highest BCUT2D eigenvalue weighted by atomic mass is 32.2. The van der Waals surface area contributed by atoms with E-state index in [4.69, 9.17) is 10.00 Å². The highest BCUT2D eigenvalue weighted by Gasteiger charge is 2.20. The molecule has 7 nitrogen and oxygen atoms in total. The van der Waals surface area contributed by atoms with Crippen molar-refractivity contribution in [2.45, 2.75) is 37.7 Å². The average Bonchev–Trinajstić information content (AvgIpc) is 3.10. The summed E-state index contributed by atoms with van der Waals surface area (Å²) in [6.07, 6.45) is 0. The Hall–Kier alpha value is -3.31. The number of carbonyl (C=O) groups is 2. The smallest absolute Gasteiger partial charge is 0.338 e. The van der Waals surface area contributed by atoms with Crippen molar-refractivity contribution in [3.63, 3.8) is 0 Å². The lowest BCUT2D eigenvalue weighted by molar-refractivity contribution is -0.115. The van der Waals surface area contributed by atoms with Crippen molar-refractivity contribution in [1.82, 2.24) is 9.55 Å². The first-order valence-corrected chi connectivity index (χ1v) is 10.5. The van der Waals surface area contributed by atoms with E-state index in [1.165, 1.54) is 11.8 Å². The number of carbonyl (C=O) groups excluding carboxylic acids is 2. The normalized spacial score (nSPS) is 11.7. The largest absolute Gasteiger partial charge is 0.462 e. The Labute approximate surface area is 179 Å². The van der Waals surface area contributed by atoms with Gasteiger partial charge >= 0.3 is 5.97 Å². The molecule has 0 aliphatic rings. The van der Waals surface area contributed by atoms with Gasteiger partial charge in [-0.1, -0.05) is 11.8 Å². The van der Waals surface area contributed by atoms with Gasteiger partial charge in [-0.2, -0.15) is 5.26 Å². The lowest BCUT2D eigenvalue weighted by Gasteiger charge is -2.12. The standard InChI is InChI=1S/C22H22N4O3S/c1-4-26-19-11-8-16(21(28)29-5-2)12-18(19)25-22(26)30-14(3)20(27)24-17-9-6-15(13-23)7-10-17/h6-12,14H,4-5H2,1-3H3,(H,24,27). The van der Waals surface area contributed by atoms with Crippen LogP contribution in [0.25, 0.3) is 11.0 Å². The number of esters is 1. The third-order valence-electron chi connectivity index (χ3n) is 4.47. The molecule has 0 aliphatic carbocycles. The van der Waals surface area contributed by atoms with Crippen molar-refractivity contribution in [2.75, 3.05) is 11.9 Å². The molecule has 30 heavy (non-hydrogen) atoms. The zero-order chi connectivity index (χ0) is 21.7. The maximum atomic E-state index is 12.6. The van der Waals surface area contributed by atoms with Crippen LogP contribution in [0.2, 0.25) is 0 Å². The van der Waals surface area contributed by atoms with Crippen molar-refractivity contribution in [3.8, 4) is 6.07 Å². The summed E-state index contributed by atoms with van der Waals surface area (Å²) in [4.78, 5) is 29.2. The number of amides is 1. The number of fused-ring (bicyclic) bond motifs is 1. The molecular weight excluding hydrogens is 400 g/mol. The lowest BCUT2D eigenvalue weighted by Crippen LogP contribution is -2.22. The minimum absolute atomic E-state index is 0.161. The topological polar surface area (TPSA) is 97.0 Å². The Balaban J connectivity index is 1.78. The molecule has 1 N–H and O–H groups in total. The molecule has 2 aromatic carbocycles. The summed E-state index contributed by atoms with van der Waals surface area (Å²) in [5, 5.41) is 12.0. The predicted octanol–water partition coefficient (Wildman–Crippen LogP) is 4.22. The number of benzene rings is 2. The fourth-order valence-corrected chi connectivity index (χ4v) is 3.92. The minimum Gasteiger partial charge on any atom is -0.462 e. The van der Waals surface area contributed by atoms with Crippen LogP contribution in [-0.4, -0.2) is 33.3 Å². The summed E-state index contributed by atoms with van der Waals surface area (Å²) in [5.41, 5.74) is 3.20. The molecule has 154 valence electrons. The van der Waals surface area contributed by atoms with E-state index >= 15 is 0 Å². The molecule has 0 aliphatic heterocycles. The van der Waals surface area contributed by atoms with Gasteiger partial charge in [0.2, 0.25) is 5.91 Å². The van der Waals surface area contributed by atoms with Gasteiger partial charge in [0.15, 0.2) is 5.16 Å². The molecule has 1 amide bonds. The number of hydrogen-bond donors (Lipinski definition) is 1. The Morgan fingerprint density at radius 1 is 1.23 bits per heavy atom. The second-order valence-corrected chi connectivity index (χ2v) is 7.81. The van der Waals surface area contributed by atoms with E-state index in [1.807, 2.05) is 30.6 Å². The number of thioether (sulfide) groups is 1. The van der Waals surface area contributed by atoms with Crippen molar-refractivity contribution >= 4 is 40.4 Å². The summed E-state index contributed by atoms with van der Waals surface area (Å²) in [6.45, 7) is 6.58. The van der Waals surface area contributed by atoms with E-state index in [1.54, 1.807) is 43.3 Å². The maximum Gasteiger partial charge on any atom is 0.338 e. The summed E-state index contributed by atoms with van der Waals surface area (Å²) >= 11 is 1.35. The SMILES string of the molecule is CCOC(=O)c1ccc2c(c1)nc(SC(C)C(=O)Nc1ccc(C#N)cc1)n2CC. The number of rotatable bonds is 7. The summed E-state index contributed by atoms with van der Waals surface area (Å²) in [5.74, 6) is -0.540. The number of hydrogen-bond acceptors (Lipinski definition) is 6. The van der Waals surface area contributed by atoms with Gasteiger partial charge < -0.3 is 14.6 Å². The number of ether oxygens (including phenoxy) is 1. The van der Waals surface area contributed by atoms with Gasteiger partial charge in [-0.15, -0.1) is 0 Å². The lowest BCUT2D eigenvalue weighted by atomic mass is 10.2. The van der Waals surface area contributed by atoms with E-state index in [9.17, 15) is 9.59 Å². The third-order valence-corrected chi connectivity index (χ3v) is 5.56. The van der Waals surface area contributed by atoms with Gasteiger partial charge in [0.05, 0.1) is 40.1 Å². The van der Waals surface area contributed by atoms with E-state index in [2.05, 4.69) is 10.3 Å². The van der Waals surface area contributed by atoms with Crippen LogP contribution in [0.3, 0.4) is 0 Å². The third kappa shape index (κ3) is 4.63. The van der Waals surface area contributed by atoms with Gasteiger partial charge in [0.25, 0.3) is 0 Å². The predicted molar refractivity (Wildman–Crippen MR) is 116 cm³/mol. The van der Waals surface area contributed by atoms with Crippen LogP contribution in [0.4, 0.5) is 5.69 Å². The van der Waals surface area contributed by atoms with Crippen LogP contribution in [0.1, 0.15) is 36.7 Å². The molecular formula is C22H22N4O3S. The molecule has 3 aromatic rings. The number of aryl methyl sites for hydroxylation is 1. The molecule has 0 fully saturated rings. The highest BCUT2D eigenvalue weighted by Crippen LogP contribution is 2.28. The summed E-state index contributed by atoms with van der Waals surface area (Å²) < 4.78 is 7.07. The van der Waals surface area contributed by atoms with Gasteiger partial charge in [-0.05, 0) is 63.2 Å². The second kappa shape index (κ2) is 9.46. The maximum absolute atomic E-state index is 12.6. The van der Waals surface area contributed by atoms with Crippen molar-refractivity contribution < 1.29 is 14.3 Å². The van der Waals surface area contributed by atoms with Gasteiger partial charge in [0, 0.05) is 12.2 Å². The van der Waals surface area contributed by atoms with E-state index in [0.29, 0.717) is 40.6 Å². The van der Waals surface area contributed by atoms with E-state index in [-0.39, 0.29) is 11.9 Å². The average molecular weight is 423 g/mol. The van der Waals surface area contributed by atoms with Crippen LogP contribution >= 0.6 is 11.8 Å². The van der Waals surface area contributed by atoms with Crippen LogP contribution < -0.4 is 5.32 Å². The first-order valence-electron chi connectivity index (χ1n) is 9.61. The second-order valence-electron chi connectivity index (χ2n) is 6.50. The molecule has 1 unspecified atom stereocenters. The fraction of sp³-hybridized carbons (Fsp3) is 0.273. The molecule has 1 atom stereocenters. The van der Waals surface area contributed by atoms with Crippen molar-refractivity contribution in [3.05, 3.63) is 53.6 Å². The molecule has 0 spiro atoms. The number of imidazole rings is 1. The monoisotopic (exact) mass is 422 g/mol. The quantitative estimate of drug-likeness (QED) is 0.452. The number of aromatic nitrogens is 2. The summed E-state index contributed by atoms with van der Waals surface area (Å²) in [6, 6.07) is 14.1. The van der Waals surface area contributed by atoms with Crippen LogP contribution in [0.15, 0.2) is 47.6 Å². The number of nitriles is 1. The van der Waals surface area contributed by atoms with Gasteiger partial charge in [0.1, 0.15) is 0 Å².